The molecule has 0 radical (unpaired) electrons. The molecular weight excluding hydrogens is 274 g/mol. The Hall–Kier alpha value is -2.49. The van der Waals surface area contributed by atoms with Gasteiger partial charge in [0, 0.05) is 19.5 Å². The number of rotatable bonds is 7. The molecule has 0 saturated carbocycles. The van der Waals surface area contributed by atoms with E-state index < -0.39 is 0 Å². The third kappa shape index (κ3) is 5.87. The van der Waals surface area contributed by atoms with Crippen LogP contribution in [0.25, 0.3) is 0 Å². The topological polar surface area (TPSA) is 49.6 Å². The molecular formula is C18H23N3O. The third-order valence-electron chi connectivity index (χ3n) is 3.06. The third-order valence-corrected chi connectivity index (χ3v) is 3.06. The highest BCUT2D eigenvalue weighted by Gasteiger charge is 2.00. The van der Waals surface area contributed by atoms with Crippen LogP contribution in [0.15, 0.2) is 70.3 Å². The molecule has 2 N–H and O–H groups in total. The van der Waals surface area contributed by atoms with Crippen molar-refractivity contribution in [3.8, 4) is 0 Å². The summed E-state index contributed by atoms with van der Waals surface area (Å²) in [7, 11) is 0. The van der Waals surface area contributed by atoms with E-state index in [0.29, 0.717) is 13.1 Å². The van der Waals surface area contributed by atoms with Gasteiger partial charge in [-0.15, -0.1) is 0 Å². The first-order chi connectivity index (χ1) is 10.7. The maximum absolute atomic E-state index is 5.33. The fourth-order valence-corrected chi connectivity index (χ4v) is 1.92. The summed E-state index contributed by atoms with van der Waals surface area (Å²) in [6, 6.07) is 14.1. The number of guanidine groups is 1. The van der Waals surface area contributed by atoms with Crippen LogP contribution in [0.2, 0.25) is 0 Å². The molecule has 1 aromatic heterocycles. The van der Waals surface area contributed by atoms with Crippen LogP contribution in [-0.2, 0) is 13.0 Å². The average molecular weight is 297 g/mol. The summed E-state index contributed by atoms with van der Waals surface area (Å²) in [5, 5.41) is 6.60. The van der Waals surface area contributed by atoms with Gasteiger partial charge in [0.15, 0.2) is 5.96 Å². The Morgan fingerprint density at radius 2 is 1.95 bits per heavy atom. The summed E-state index contributed by atoms with van der Waals surface area (Å²) < 4.78 is 5.33. The van der Waals surface area contributed by atoms with Gasteiger partial charge in [0.1, 0.15) is 5.76 Å². The first-order valence-electron chi connectivity index (χ1n) is 7.47. The predicted octanol–water partition coefficient (Wildman–Crippen LogP) is 3.13. The Kier molecular flexibility index (Phi) is 6.30. The number of hydrogen-bond donors (Lipinski definition) is 2. The van der Waals surface area contributed by atoms with Crippen LogP contribution in [0.4, 0.5) is 0 Å². The smallest absolute Gasteiger partial charge is 0.191 e. The van der Waals surface area contributed by atoms with Crippen LogP contribution in [0.5, 0.6) is 0 Å². The quantitative estimate of drug-likeness (QED) is 0.469. The molecule has 1 aromatic carbocycles. The SMILES string of the molecule is C=C(C)CNC(=NCc1ccccc1)NCCc1ccco1. The predicted molar refractivity (Wildman–Crippen MR) is 90.8 cm³/mol. The van der Waals surface area contributed by atoms with Crippen molar-refractivity contribution in [2.24, 2.45) is 4.99 Å². The first kappa shape index (κ1) is 15.9. The van der Waals surface area contributed by atoms with Crippen LogP contribution >= 0.6 is 0 Å². The second kappa shape index (κ2) is 8.72. The molecule has 116 valence electrons. The van der Waals surface area contributed by atoms with Crippen molar-refractivity contribution in [2.75, 3.05) is 13.1 Å². The molecule has 0 amide bonds. The summed E-state index contributed by atoms with van der Waals surface area (Å²) >= 11 is 0. The van der Waals surface area contributed by atoms with Gasteiger partial charge < -0.3 is 15.1 Å². The first-order valence-corrected chi connectivity index (χ1v) is 7.47. The van der Waals surface area contributed by atoms with Gasteiger partial charge in [-0.1, -0.05) is 42.5 Å². The number of benzene rings is 1. The summed E-state index contributed by atoms with van der Waals surface area (Å²) in [5.74, 6) is 1.76. The van der Waals surface area contributed by atoms with Gasteiger partial charge in [0.25, 0.3) is 0 Å². The molecule has 0 aliphatic heterocycles. The highest BCUT2D eigenvalue weighted by molar-refractivity contribution is 5.80. The molecule has 0 fully saturated rings. The molecule has 0 unspecified atom stereocenters. The fraction of sp³-hybridized carbons (Fsp3) is 0.278. The van der Waals surface area contributed by atoms with Crippen molar-refractivity contribution in [3.05, 3.63) is 72.2 Å². The van der Waals surface area contributed by atoms with Crippen molar-refractivity contribution in [3.63, 3.8) is 0 Å². The molecule has 4 heteroatoms. The summed E-state index contributed by atoms with van der Waals surface area (Å²) in [6.07, 6.45) is 2.52. The maximum atomic E-state index is 5.33. The maximum Gasteiger partial charge on any atom is 0.191 e. The Balaban J connectivity index is 1.88. The van der Waals surface area contributed by atoms with Gasteiger partial charge in [-0.2, -0.15) is 0 Å². The van der Waals surface area contributed by atoms with E-state index in [1.54, 1.807) is 6.26 Å². The number of nitrogens with one attached hydrogen (secondary N) is 2. The molecule has 4 nitrogen and oxygen atoms in total. The zero-order chi connectivity index (χ0) is 15.6. The fourth-order valence-electron chi connectivity index (χ4n) is 1.92. The summed E-state index contributed by atoms with van der Waals surface area (Å²) in [5.41, 5.74) is 2.25. The van der Waals surface area contributed by atoms with Gasteiger partial charge in [-0.3, -0.25) is 0 Å². The molecule has 0 saturated heterocycles. The Morgan fingerprint density at radius 1 is 1.14 bits per heavy atom. The molecule has 2 rings (SSSR count). The van der Waals surface area contributed by atoms with Gasteiger partial charge in [-0.25, -0.2) is 4.99 Å². The minimum Gasteiger partial charge on any atom is -0.469 e. The lowest BCUT2D eigenvalue weighted by atomic mass is 10.2. The molecule has 22 heavy (non-hydrogen) atoms. The molecule has 0 spiro atoms. The lowest BCUT2D eigenvalue weighted by Crippen LogP contribution is -2.39. The van der Waals surface area contributed by atoms with Crippen molar-refractivity contribution in [1.29, 1.82) is 0 Å². The average Bonchev–Trinajstić information content (AvgIpc) is 3.03. The Morgan fingerprint density at radius 3 is 2.64 bits per heavy atom. The zero-order valence-corrected chi connectivity index (χ0v) is 13.0. The highest BCUT2D eigenvalue weighted by atomic mass is 16.3. The van der Waals surface area contributed by atoms with E-state index in [4.69, 9.17) is 4.42 Å². The molecule has 0 aliphatic carbocycles. The van der Waals surface area contributed by atoms with E-state index in [2.05, 4.69) is 34.3 Å². The molecule has 0 atom stereocenters. The van der Waals surface area contributed by atoms with Crippen molar-refractivity contribution < 1.29 is 4.42 Å². The molecule has 2 aromatic rings. The van der Waals surface area contributed by atoms with Gasteiger partial charge in [-0.05, 0) is 24.6 Å². The number of nitrogens with zero attached hydrogens (tertiary/aromatic N) is 1. The summed E-state index contributed by atoms with van der Waals surface area (Å²) in [6.45, 7) is 8.02. The van der Waals surface area contributed by atoms with E-state index in [1.807, 2.05) is 37.3 Å². The Labute approximate surface area is 132 Å². The number of aliphatic imine (C=N–C) groups is 1. The second-order valence-electron chi connectivity index (χ2n) is 5.22. The van der Waals surface area contributed by atoms with Crippen molar-refractivity contribution in [2.45, 2.75) is 19.9 Å². The monoisotopic (exact) mass is 297 g/mol. The van der Waals surface area contributed by atoms with E-state index in [1.165, 1.54) is 5.56 Å². The lowest BCUT2D eigenvalue weighted by Gasteiger charge is -2.12. The molecule has 0 bridgehead atoms. The van der Waals surface area contributed by atoms with E-state index in [0.717, 1.165) is 30.3 Å². The standard InChI is InChI=1S/C18H23N3O/c1-15(2)13-20-18(19-11-10-17-9-6-12-22-17)21-14-16-7-4-3-5-8-16/h3-9,12H,1,10-11,13-14H2,2H3,(H2,19,20,21). The van der Waals surface area contributed by atoms with Crippen molar-refractivity contribution in [1.82, 2.24) is 10.6 Å². The van der Waals surface area contributed by atoms with Crippen LogP contribution in [0.3, 0.4) is 0 Å². The Bertz CT molecular complexity index is 588. The normalized spacial score (nSPS) is 11.2. The second-order valence-corrected chi connectivity index (χ2v) is 5.22. The summed E-state index contributed by atoms with van der Waals surface area (Å²) in [4.78, 5) is 4.61. The number of hydrogen-bond acceptors (Lipinski definition) is 2. The zero-order valence-electron chi connectivity index (χ0n) is 13.0. The minimum absolute atomic E-state index is 0.646. The molecule has 0 aliphatic rings. The van der Waals surface area contributed by atoms with E-state index in [9.17, 15) is 0 Å². The van der Waals surface area contributed by atoms with Gasteiger partial charge in [0.2, 0.25) is 0 Å². The van der Waals surface area contributed by atoms with Crippen LogP contribution in [0, 0.1) is 0 Å². The largest absolute Gasteiger partial charge is 0.469 e. The van der Waals surface area contributed by atoms with Crippen LogP contribution in [-0.4, -0.2) is 19.0 Å². The van der Waals surface area contributed by atoms with Gasteiger partial charge >= 0.3 is 0 Å². The van der Waals surface area contributed by atoms with Crippen molar-refractivity contribution >= 4 is 5.96 Å². The molecule has 1 heterocycles. The minimum atomic E-state index is 0.646. The lowest BCUT2D eigenvalue weighted by molar-refractivity contribution is 0.507. The van der Waals surface area contributed by atoms with E-state index in [-0.39, 0.29) is 0 Å². The van der Waals surface area contributed by atoms with Crippen LogP contribution < -0.4 is 10.6 Å². The highest BCUT2D eigenvalue weighted by Crippen LogP contribution is 2.01. The van der Waals surface area contributed by atoms with Gasteiger partial charge in [0.05, 0.1) is 12.8 Å². The van der Waals surface area contributed by atoms with E-state index >= 15 is 0 Å². The van der Waals surface area contributed by atoms with Crippen LogP contribution in [0.1, 0.15) is 18.2 Å². The number of furan rings is 1.